The lowest BCUT2D eigenvalue weighted by Crippen LogP contribution is -2.27. The molecule has 0 aliphatic carbocycles. The van der Waals surface area contributed by atoms with Crippen LogP contribution in [0, 0.1) is 26.7 Å². The minimum atomic E-state index is -0.153. The van der Waals surface area contributed by atoms with E-state index in [0.29, 0.717) is 6.54 Å². The average molecular weight is 257 g/mol. The highest BCUT2D eigenvalue weighted by atomic mass is 35.5. The topological polar surface area (TPSA) is 55.1 Å². The standard InChI is InChI=1S/C13H20N2O.ClH/c1-8-5-9(2)12(10(3)6-8)15-13(16)11(4)7-14;/h5-6,11H,7,14H2,1-4H3,(H,15,16);1H. The Morgan fingerprint density at radius 1 is 1.29 bits per heavy atom. The quantitative estimate of drug-likeness (QED) is 0.873. The highest BCUT2D eigenvalue weighted by Gasteiger charge is 2.13. The van der Waals surface area contributed by atoms with Crippen LogP contribution in [0.5, 0.6) is 0 Å². The second kappa shape index (κ2) is 6.62. The van der Waals surface area contributed by atoms with Crippen LogP contribution in [0.25, 0.3) is 0 Å². The van der Waals surface area contributed by atoms with Gasteiger partial charge in [-0.15, -0.1) is 12.4 Å². The fourth-order valence-electron chi connectivity index (χ4n) is 1.73. The number of rotatable bonds is 3. The van der Waals surface area contributed by atoms with Crippen molar-refractivity contribution in [3.05, 3.63) is 28.8 Å². The Labute approximate surface area is 109 Å². The molecule has 3 nitrogen and oxygen atoms in total. The van der Waals surface area contributed by atoms with Gasteiger partial charge in [-0.3, -0.25) is 4.79 Å². The molecule has 0 heterocycles. The van der Waals surface area contributed by atoms with Gasteiger partial charge in [-0.05, 0) is 31.9 Å². The lowest BCUT2D eigenvalue weighted by Gasteiger charge is -2.15. The van der Waals surface area contributed by atoms with Gasteiger partial charge in [0.1, 0.15) is 0 Å². The zero-order valence-electron chi connectivity index (χ0n) is 10.8. The predicted octanol–water partition coefficient (Wildman–Crippen LogP) is 2.57. The number of carbonyl (C=O) groups is 1. The smallest absolute Gasteiger partial charge is 0.228 e. The monoisotopic (exact) mass is 256 g/mol. The maximum Gasteiger partial charge on any atom is 0.228 e. The summed E-state index contributed by atoms with van der Waals surface area (Å²) in [6, 6.07) is 4.13. The molecular formula is C13H21ClN2O. The lowest BCUT2D eigenvalue weighted by atomic mass is 10.0. The van der Waals surface area contributed by atoms with E-state index in [4.69, 9.17) is 5.73 Å². The summed E-state index contributed by atoms with van der Waals surface area (Å²) in [5, 5.41) is 2.94. The molecule has 1 unspecified atom stereocenters. The van der Waals surface area contributed by atoms with Crippen molar-refractivity contribution in [1.82, 2.24) is 0 Å². The number of aryl methyl sites for hydroxylation is 3. The van der Waals surface area contributed by atoms with Gasteiger partial charge in [0.05, 0.1) is 0 Å². The van der Waals surface area contributed by atoms with Crippen LogP contribution in [0.3, 0.4) is 0 Å². The first kappa shape index (κ1) is 15.9. The Balaban J connectivity index is 0.00000256. The minimum absolute atomic E-state index is 0. The van der Waals surface area contributed by atoms with E-state index in [1.54, 1.807) is 0 Å². The number of hydrogen-bond donors (Lipinski definition) is 2. The molecule has 0 saturated carbocycles. The number of hydrogen-bond acceptors (Lipinski definition) is 2. The van der Waals surface area contributed by atoms with Crippen LogP contribution in [0.15, 0.2) is 12.1 Å². The first-order valence-electron chi connectivity index (χ1n) is 5.54. The first-order valence-corrected chi connectivity index (χ1v) is 5.54. The van der Waals surface area contributed by atoms with Crippen molar-refractivity contribution in [3.63, 3.8) is 0 Å². The summed E-state index contributed by atoms with van der Waals surface area (Å²) in [5.41, 5.74) is 9.77. The summed E-state index contributed by atoms with van der Waals surface area (Å²) in [5.74, 6) is -0.169. The van der Waals surface area contributed by atoms with Crippen LogP contribution in [0.1, 0.15) is 23.6 Å². The van der Waals surface area contributed by atoms with Gasteiger partial charge in [-0.1, -0.05) is 24.6 Å². The summed E-state index contributed by atoms with van der Waals surface area (Å²) >= 11 is 0. The normalized spacial score (nSPS) is 11.6. The van der Waals surface area contributed by atoms with Crippen molar-refractivity contribution in [2.75, 3.05) is 11.9 Å². The van der Waals surface area contributed by atoms with Crippen LogP contribution in [-0.4, -0.2) is 12.5 Å². The van der Waals surface area contributed by atoms with E-state index < -0.39 is 0 Å². The second-order valence-corrected chi connectivity index (χ2v) is 4.40. The molecule has 0 aliphatic heterocycles. The molecule has 0 aliphatic rings. The number of nitrogens with two attached hydrogens (primary N) is 1. The maximum atomic E-state index is 11.7. The molecule has 0 radical (unpaired) electrons. The molecule has 4 heteroatoms. The number of benzene rings is 1. The molecule has 0 spiro atoms. The van der Waals surface area contributed by atoms with Gasteiger partial charge < -0.3 is 11.1 Å². The third-order valence-corrected chi connectivity index (χ3v) is 2.73. The Kier molecular flexibility index (Phi) is 6.21. The van der Waals surface area contributed by atoms with E-state index in [-0.39, 0.29) is 24.2 Å². The fraction of sp³-hybridized carbons (Fsp3) is 0.462. The second-order valence-electron chi connectivity index (χ2n) is 4.40. The van der Waals surface area contributed by atoms with Crippen LogP contribution < -0.4 is 11.1 Å². The molecule has 1 aromatic rings. The van der Waals surface area contributed by atoms with Gasteiger partial charge in [-0.2, -0.15) is 0 Å². The highest BCUT2D eigenvalue weighted by molar-refractivity contribution is 5.94. The molecule has 17 heavy (non-hydrogen) atoms. The summed E-state index contributed by atoms with van der Waals surface area (Å²) in [6.45, 7) is 8.25. The number of amides is 1. The highest BCUT2D eigenvalue weighted by Crippen LogP contribution is 2.22. The molecule has 0 saturated heterocycles. The molecule has 3 N–H and O–H groups in total. The van der Waals surface area contributed by atoms with Gasteiger partial charge in [0.2, 0.25) is 5.91 Å². The van der Waals surface area contributed by atoms with Gasteiger partial charge >= 0.3 is 0 Å². The molecule has 0 bridgehead atoms. The molecule has 1 amide bonds. The van der Waals surface area contributed by atoms with Crippen LogP contribution in [0.2, 0.25) is 0 Å². The van der Waals surface area contributed by atoms with Crippen LogP contribution >= 0.6 is 12.4 Å². The molecule has 1 rings (SSSR count). The van der Waals surface area contributed by atoms with Crippen molar-refractivity contribution in [2.24, 2.45) is 11.7 Å². The Hall–Kier alpha value is -1.06. The number of anilines is 1. The molecule has 1 atom stereocenters. The number of carbonyl (C=O) groups excluding carboxylic acids is 1. The molecule has 0 fully saturated rings. The van der Waals surface area contributed by atoms with Crippen molar-refractivity contribution in [3.8, 4) is 0 Å². The van der Waals surface area contributed by atoms with Gasteiger partial charge in [0.25, 0.3) is 0 Å². The number of halogens is 1. The molecule has 96 valence electrons. The van der Waals surface area contributed by atoms with Crippen molar-refractivity contribution < 1.29 is 4.79 Å². The Morgan fingerprint density at radius 3 is 2.18 bits per heavy atom. The Morgan fingerprint density at radius 2 is 1.76 bits per heavy atom. The third-order valence-electron chi connectivity index (χ3n) is 2.73. The van der Waals surface area contributed by atoms with Crippen molar-refractivity contribution in [1.29, 1.82) is 0 Å². The molecule has 1 aromatic carbocycles. The summed E-state index contributed by atoms with van der Waals surface area (Å²) < 4.78 is 0. The number of nitrogens with one attached hydrogen (secondary N) is 1. The maximum absolute atomic E-state index is 11.7. The van der Waals surface area contributed by atoms with E-state index >= 15 is 0 Å². The summed E-state index contributed by atoms with van der Waals surface area (Å²) in [7, 11) is 0. The van der Waals surface area contributed by atoms with Crippen molar-refractivity contribution in [2.45, 2.75) is 27.7 Å². The third kappa shape index (κ3) is 4.02. The van der Waals surface area contributed by atoms with Crippen LogP contribution in [0.4, 0.5) is 5.69 Å². The molecular weight excluding hydrogens is 236 g/mol. The Bertz CT molecular complexity index is 381. The minimum Gasteiger partial charge on any atom is -0.330 e. The zero-order valence-corrected chi connectivity index (χ0v) is 11.6. The van der Waals surface area contributed by atoms with Crippen molar-refractivity contribution >= 4 is 24.0 Å². The van der Waals surface area contributed by atoms with Gasteiger partial charge in [0.15, 0.2) is 0 Å². The van der Waals surface area contributed by atoms with E-state index in [0.717, 1.165) is 16.8 Å². The zero-order chi connectivity index (χ0) is 12.3. The van der Waals surface area contributed by atoms with Gasteiger partial charge in [0, 0.05) is 18.2 Å². The van der Waals surface area contributed by atoms with Crippen LogP contribution in [-0.2, 0) is 4.79 Å². The largest absolute Gasteiger partial charge is 0.330 e. The van der Waals surface area contributed by atoms with Gasteiger partial charge in [-0.25, -0.2) is 0 Å². The first-order chi connectivity index (χ1) is 7.45. The summed E-state index contributed by atoms with van der Waals surface area (Å²) in [4.78, 5) is 11.7. The van der Waals surface area contributed by atoms with E-state index in [1.165, 1.54) is 5.56 Å². The SMILES string of the molecule is Cc1cc(C)c(NC(=O)C(C)CN)c(C)c1.Cl. The lowest BCUT2D eigenvalue weighted by molar-refractivity contribution is -0.119. The fourth-order valence-corrected chi connectivity index (χ4v) is 1.73. The van der Waals surface area contributed by atoms with E-state index in [2.05, 4.69) is 17.4 Å². The predicted molar refractivity (Wildman–Crippen MR) is 74.7 cm³/mol. The average Bonchev–Trinajstić information content (AvgIpc) is 2.21. The summed E-state index contributed by atoms with van der Waals surface area (Å²) in [6.07, 6.45) is 0. The van der Waals surface area contributed by atoms with E-state index in [1.807, 2.05) is 27.7 Å². The molecule has 0 aromatic heterocycles. The van der Waals surface area contributed by atoms with E-state index in [9.17, 15) is 4.79 Å².